The van der Waals surface area contributed by atoms with Crippen molar-refractivity contribution < 1.29 is 4.79 Å². The molecule has 1 aromatic rings. The number of hydrogen-bond donors (Lipinski definition) is 0. The van der Waals surface area contributed by atoms with Gasteiger partial charge in [-0.3, -0.25) is 4.79 Å². The minimum Gasteiger partial charge on any atom is -0.293 e. The minimum atomic E-state index is 0.127. The molecule has 1 rings (SSSR count). The summed E-state index contributed by atoms with van der Waals surface area (Å²) in [5.74, 6) is 1.71. The molecule has 0 spiro atoms. The molecule has 0 aliphatic heterocycles. The third kappa shape index (κ3) is 4.27. The van der Waals surface area contributed by atoms with Gasteiger partial charge in [0.2, 0.25) is 0 Å². The number of unbranched alkanes of at least 4 members (excludes halogenated alkanes) is 1. The number of carbonyl (C=O) groups excluding carboxylic acids is 1. The fraction of sp³-hybridized carbons (Fsp3) is 0.417. The lowest BCUT2D eigenvalue weighted by Crippen LogP contribution is -2.03. The van der Waals surface area contributed by atoms with E-state index < -0.39 is 0 Å². The highest BCUT2D eigenvalue weighted by Crippen LogP contribution is 2.17. The van der Waals surface area contributed by atoms with Gasteiger partial charge in [-0.05, 0) is 24.3 Å². The van der Waals surface area contributed by atoms with Gasteiger partial charge in [-0.2, -0.15) is 11.8 Å². The summed E-state index contributed by atoms with van der Waals surface area (Å²) in [6.45, 7) is 2.15. The molecule has 0 aliphatic rings. The SMILES string of the molecule is CCCCSCC(=O)c1ccccc1Cl. The van der Waals surface area contributed by atoms with E-state index in [1.54, 1.807) is 23.9 Å². The second-order valence-electron chi connectivity index (χ2n) is 3.31. The molecule has 15 heavy (non-hydrogen) atoms. The van der Waals surface area contributed by atoms with Crippen LogP contribution < -0.4 is 0 Å². The average Bonchev–Trinajstić information content (AvgIpc) is 2.25. The molecule has 0 fully saturated rings. The topological polar surface area (TPSA) is 17.1 Å². The lowest BCUT2D eigenvalue weighted by molar-refractivity contribution is 0.102. The van der Waals surface area contributed by atoms with Crippen LogP contribution in [0.1, 0.15) is 30.1 Å². The normalized spacial score (nSPS) is 10.3. The number of halogens is 1. The van der Waals surface area contributed by atoms with Crippen molar-refractivity contribution in [1.82, 2.24) is 0 Å². The summed E-state index contributed by atoms with van der Waals surface area (Å²) >= 11 is 7.61. The van der Waals surface area contributed by atoms with Gasteiger partial charge in [0, 0.05) is 5.56 Å². The highest BCUT2D eigenvalue weighted by atomic mass is 35.5. The van der Waals surface area contributed by atoms with Crippen molar-refractivity contribution in [2.75, 3.05) is 11.5 Å². The van der Waals surface area contributed by atoms with E-state index in [9.17, 15) is 4.79 Å². The van der Waals surface area contributed by atoms with E-state index in [1.165, 1.54) is 12.8 Å². The molecule has 0 bridgehead atoms. The second-order valence-corrected chi connectivity index (χ2v) is 4.82. The maximum absolute atomic E-state index is 11.7. The Morgan fingerprint density at radius 2 is 2.13 bits per heavy atom. The molecule has 0 atom stereocenters. The zero-order chi connectivity index (χ0) is 11.1. The van der Waals surface area contributed by atoms with Gasteiger partial charge in [0.1, 0.15) is 0 Å². The Morgan fingerprint density at radius 1 is 1.40 bits per heavy atom. The van der Waals surface area contributed by atoms with Gasteiger partial charge in [-0.15, -0.1) is 0 Å². The molecule has 82 valence electrons. The summed E-state index contributed by atoms with van der Waals surface area (Å²) in [6.07, 6.45) is 2.34. The Morgan fingerprint density at radius 3 is 2.80 bits per heavy atom. The van der Waals surface area contributed by atoms with Crippen LogP contribution in [0.4, 0.5) is 0 Å². The third-order valence-electron chi connectivity index (χ3n) is 2.05. The maximum Gasteiger partial charge on any atom is 0.174 e. The van der Waals surface area contributed by atoms with Crippen LogP contribution in [0, 0.1) is 0 Å². The molecule has 3 heteroatoms. The van der Waals surface area contributed by atoms with E-state index in [0.717, 1.165) is 5.75 Å². The zero-order valence-electron chi connectivity index (χ0n) is 8.83. The molecule has 0 radical (unpaired) electrons. The fourth-order valence-corrected chi connectivity index (χ4v) is 2.40. The monoisotopic (exact) mass is 242 g/mol. The van der Waals surface area contributed by atoms with Crippen LogP contribution >= 0.6 is 23.4 Å². The summed E-state index contributed by atoms with van der Waals surface area (Å²) in [4.78, 5) is 11.7. The van der Waals surface area contributed by atoms with E-state index in [-0.39, 0.29) is 5.78 Å². The van der Waals surface area contributed by atoms with Crippen LogP contribution in [0.5, 0.6) is 0 Å². The maximum atomic E-state index is 11.7. The molecular weight excluding hydrogens is 228 g/mol. The van der Waals surface area contributed by atoms with Crippen LogP contribution in [-0.2, 0) is 0 Å². The van der Waals surface area contributed by atoms with E-state index in [4.69, 9.17) is 11.6 Å². The predicted octanol–water partition coefficient (Wildman–Crippen LogP) is 4.06. The first-order valence-electron chi connectivity index (χ1n) is 5.11. The Kier molecular flexibility index (Phi) is 5.81. The Balaban J connectivity index is 2.44. The van der Waals surface area contributed by atoms with Gasteiger partial charge >= 0.3 is 0 Å². The molecule has 0 saturated heterocycles. The van der Waals surface area contributed by atoms with Gasteiger partial charge in [0.15, 0.2) is 5.78 Å². The molecule has 0 N–H and O–H groups in total. The lowest BCUT2D eigenvalue weighted by atomic mass is 10.1. The highest BCUT2D eigenvalue weighted by Gasteiger charge is 2.08. The van der Waals surface area contributed by atoms with Crippen molar-refractivity contribution in [2.24, 2.45) is 0 Å². The Labute approximate surface area is 100 Å². The number of Topliss-reactive ketones (excluding diaryl/α,β-unsaturated/α-hetero) is 1. The van der Waals surface area contributed by atoms with E-state index in [0.29, 0.717) is 16.3 Å². The summed E-state index contributed by atoms with van der Waals surface area (Å²) in [5.41, 5.74) is 0.642. The van der Waals surface area contributed by atoms with Gasteiger partial charge in [-0.25, -0.2) is 0 Å². The van der Waals surface area contributed by atoms with Crippen LogP contribution in [0.25, 0.3) is 0 Å². The largest absolute Gasteiger partial charge is 0.293 e. The molecule has 0 unspecified atom stereocenters. The Hall–Kier alpha value is -0.470. The van der Waals surface area contributed by atoms with E-state index >= 15 is 0 Å². The van der Waals surface area contributed by atoms with Gasteiger partial charge in [0.25, 0.3) is 0 Å². The standard InChI is InChI=1S/C12H15ClOS/c1-2-3-8-15-9-12(14)10-6-4-5-7-11(10)13/h4-7H,2-3,8-9H2,1H3. The quantitative estimate of drug-likeness (QED) is 0.553. The van der Waals surface area contributed by atoms with Crippen molar-refractivity contribution in [2.45, 2.75) is 19.8 Å². The first-order valence-corrected chi connectivity index (χ1v) is 6.64. The highest BCUT2D eigenvalue weighted by molar-refractivity contribution is 7.99. The number of carbonyl (C=O) groups is 1. The van der Waals surface area contributed by atoms with Gasteiger partial charge in [0.05, 0.1) is 10.8 Å². The molecule has 1 aromatic carbocycles. The summed E-state index contributed by atoms with van der Waals surface area (Å²) in [7, 11) is 0. The number of hydrogen-bond acceptors (Lipinski definition) is 2. The van der Waals surface area contributed by atoms with Crippen molar-refractivity contribution in [3.05, 3.63) is 34.9 Å². The Bertz CT molecular complexity index is 325. The molecule has 0 aromatic heterocycles. The summed E-state index contributed by atoms with van der Waals surface area (Å²) < 4.78 is 0. The molecular formula is C12H15ClOS. The number of ketones is 1. The van der Waals surface area contributed by atoms with Crippen LogP contribution in [0.15, 0.2) is 24.3 Å². The van der Waals surface area contributed by atoms with Gasteiger partial charge in [-0.1, -0.05) is 37.1 Å². The molecule has 0 amide bonds. The molecule has 0 aliphatic carbocycles. The minimum absolute atomic E-state index is 0.127. The zero-order valence-corrected chi connectivity index (χ0v) is 10.4. The van der Waals surface area contributed by atoms with Crippen LogP contribution in [0.3, 0.4) is 0 Å². The van der Waals surface area contributed by atoms with Crippen LogP contribution in [0.2, 0.25) is 5.02 Å². The third-order valence-corrected chi connectivity index (χ3v) is 3.42. The first-order chi connectivity index (χ1) is 7.25. The summed E-state index contributed by atoms with van der Waals surface area (Å²) in [6, 6.07) is 7.22. The van der Waals surface area contributed by atoms with E-state index in [1.807, 2.05) is 12.1 Å². The summed E-state index contributed by atoms with van der Waals surface area (Å²) in [5, 5.41) is 0.554. The number of thioether (sulfide) groups is 1. The van der Waals surface area contributed by atoms with Crippen molar-refractivity contribution >= 4 is 29.1 Å². The van der Waals surface area contributed by atoms with Crippen molar-refractivity contribution in [3.8, 4) is 0 Å². The van der Waals surface area contributed by atoms with Crippen molar-refractivity contribution in [3.63, 3.8) is 0 Å². The smallest absolute Gasteiger partial charge is 0.174 e. The second kappa shape index (κ2) is 6.91. The first kappa shape index (κ1) is 12.6. The predicted molar refractivity (Wildman–Crippen MR) is 68.0 cm³/mol. The number of benzene rings is 1. The van der Waals surface area contributed by atoms with Gasteiger partial charge < -0.3 is 0 Å². The van der Waals surface area contributed by atoms with Crippen LogP contribution in [-0.4, -0.2) is 17.3 Å². The number of rotatable bonds is 6. The van der Waals surface area contributed by atoms with Crippen molar-refractivity contribution in [1.29, 1.82) is 0 Å². The molecule has 0 saturated carbocycles. The lowest BCUT2D eigenvalue weighted by Gasteiger charge is -2.02. The molecule has 0 heterocycles. The fourth-order valence-electron chi connectivity index (χ4n) is 1.18. The molecule has 1 nitrogen and oxygen atoms in total. The average molecular weight is 243 g/mol. The van der Waals surface area contributed by atoms with E-state index in [2.05, 4.69) is 6.92 Å².